The summed E-state index contributed by atoms with van der Waals surface area (Å²) in [6.07, 6.45) is -4.10. The lowest BCUT2D eigenvalue weighted by atomic mass is 9.93. The van der Waals surface area contributed by atoms with Crippen LogP contribution in [0.5, 0.6) is 0 Å². The molecule has 0 radical (unpaired) electrons. The summed E-state index contributed by atoms with van der Waals surface area (Å²) in [6, 6.07) is 18.5. The maximum atomic E-state index is 13.7. The predicted molar refractivity (Wildman–Crippen MR) is 120 cm³/mol. The fraction of sp³-hybridized carbons (Fsp3) is 0.200. The first-order chi connectivity index (χ1) is 15.6. The molecule has 0 saturated carbocycles. The number of hydrogen-bond donors (Lipinski definition) is 1. The van der Waals surface area contributed by atoms with Crippen LogP contribution >= 0.6 is 0 Å². The van der Waals surface area contributed by atoms with E-state index in [0.29, 0.717) is 12.0 Å². The number of hydrogen-bond acceptors (Lipinski definition) is 2. The molecule has 8 heteroatoms. The Morgan fingerprint density at radius 1 is 0.939 bits per heavy atom. The van der Waals surface area contributed by atoms with Gasteiger partial charge in [0.2, 0.25) is 10.0 Å². The van der Waals surface area contributed by atoms with E-state index in [4.69, 9.17) is 0 Å². The number of para-hydroxylation sites is 1. The summed E-state index contributed by atoms with van der Waals surface area (Å²) >= 11 is 0. The highest BCUT2D eigenvalue weighted by Crippen LogP contribution is 2.40. The Hall–Kier alpha value is -3.10. The number of nitrogens with zero attached hydrogens (tertiary/aromatic N) is 1. The first-order valence-electron chi connectivity index (χ1n) is 10.5. The second-order valence-electron chi connectivity index (χ2n) is 8.33. The average molecular weight is 471 g/mol. The van der Waals surface area contributed by atoms with E-state index in [2.05, 4.69) is 4.98 Å². The number of aryl methyl sites for hydroxylation is 1. The molecule has 3 aromatic carbocycles. The fourth-order valence-electron chi connectivity index (χ4n) is 4.46. The van der Waals surface area contributed by atoms with Crippen molar-refractivity contribution in [3.63, 3.8) is 0 Å². The van der Waals surface area contributed by atoms with E-state index in [1.807, 2.05) is 31.2 Å². The number of nitrogens with one attached hydrogen (secondary N) is 1. The van der Waals surface area contributed by atoms with Gasteiger partial charge in [0.1, 0.15) is 0 Å². The lowest BCUT2D eigenvalue weighted by Gasteiger charge is -2.35. The van der Waals surface area contributed by atoms with Gasteiger partial charge in [-0.25, -0.2) is 8.42 Å². The first kappa shape index (κ1) is 21.7. The number of aromatic nitrogens is 1. The van der Waals surface area contributed by atoms with E-state index < -0.39 is 27.8 Å². The van der Waals surface area contributed by atoms with Crippen LogP contribution in [0.4, 0.5) is 13.2 Å². The second kappa shape index (κ2) is 7.74. The third kappa shape index (κ3) is 3.83. The fourth-order valence-corrected chi connectivity index (χ4v) is 6.04. The Balaban J connectivity index is 1.63. The Labute approximate surface area is 189 Å². The van der Waals surface area contributed by atoms with Crippen molar-refractivity contribution >= 4 is 20.9 Å². The molecule has 4 aromatic rings. The van der Waals surface area contributed by atoms with E-state index >= 15 is 0 Å². The zero-order valence-corrected chi connectivity index (χ0v) is 18.5. The maximum absolute atomic E-state index is 13.7. The number of benzene rings is 3. The molecular formula is C25H21F3N2O2S. The van der Waals surface area contributed by atoms with Crippen LogP contribution in [-0.2, 0) is 29.2 Å². The van der Waals surface area contributed by atoms with Crippen LogP contribution < -0.4 is 0 Å². The molecule has 1 N–H and O–H groups in total. The Morgan fingerprint density at radius 2 is 1.61 bits per heavy atom. The number of rotatable bonds is 3. The summed E-state index contributed by atoms with van der Waals surface area (Å²) in [5, 5.41) is 0.997. The highest BCUT2D eigenvalue weighted by Gasteiger charge is 2.38. The van der Waals surface area contributed by atoms with Crippen molar-refractivity contribution in [3.8, 4) is 0 Å². The Morgan fingerprint density at radius 3 is 2.27 bits per heavy atom. The van der Waals surface area contributed by atoms with Crippen LogP contribution in [0.3, 0.4) is 0 Å². The van der Waals surface area contributed by atoms with Gasteiger partial charge in [-0.15, -0.1) is 0 Å². The van der Waals surface area contributed by atoms with Gasteiger partial charge in [0.15, 0.2) is 0 Å². The van der Waals surface area contributed by atoms with Gasteiger partial charge in [-0.2, -0.15) is 17.5 Å². The van der Waals surface area contributed by atoms with Gasteiger partial charge in [-0.1, -0.05) is 48.0 Å². The van der Waals surface area contributed by atoms with Crippen molar-refractivity contribution in [2.45, 2.75) is 37.0 Å². The van der Waals surface area contributed by atoms with Gasteiger partial charge in [0.25, 0.3) is 0 Å². The van der Waals surface area contributed by atoms with Gasteiger partial charge in [-0.3, -0.25) is 0 Å². The molecule has 0 aliphatic carbocycles. The number of fused-ring (bicyclic) bond motifs is 3. The van der Waals surface area contributed by atoms with E-state index in [0.717, 1.165) is 39.9 Å². The van der Waals surface area contributed by atoms with Gasteiger partial charge >= 0.3 is 6.18 Å². The minimum atomic E-state index is -4.46. The Kier molecular flexibility index (Phi) is 5.10. The molecule has 33 heavy (non-hydrogen) atoms. The van der Waals surface area contributed by atoms with Gasteiger partial charge in [-0.05, 0) is 54.8 Å². The molecule has 0 amide bonds. The molecule has 0 spiro atoms. The van der Waals surface area contributed by atoms with Gasteiger partial charge in [0.05, 0.1) is 23.0 Å². The van der Waals surface area contributed by atoms with Crippen LogP contribution in [0.1, 0.15) is 34.0 Å². The molecule has 0 fully saturated rings. The molecule has 1 aliphatic rings. The molecule has 2 heterocycles. The van der Waals surface area contributed by atoms with Crippen molar-refractivity contribution in [1.82, 2.24) is 9.29 Å². The van der Waals surface area contributed by atoms with Crippen LogP contribution in [-0.4, -0.2) is 17.7 Å². The minimum Gasteiger partial charge on any atom is -0.357 e. The van der Waals surface area contributed by atoms with Crippen molar-refractivity contribution in [1.29, 1.82) is 0 Å². The number of aromatic amines is 1. The molecule has 170 valence electrons. The third-order valence-corrected chi connectivity index (χ3v) is 8.08. The molecule has 4 nitrogen and oxygen atoms in total. The Bertz CT molecular complexity index is 1420. The van der Waals surface area contributed by atoms with Crippen LogP contribution in [0, 0.1) is 6.92 Å². The van der Waals surface area contributed by atoms with Gasteiger partial charge in [0, 0.05) is 16.6 Å². The standard InChI is InChI=1S/C25H21F3N2O2S/c1-16-6-12-19(13-7-16)33(31,32)30-15-23-21(20-4-2-3-5-22(20)29-23)14-24(30)17-8-10-18(11-9-17)25(26,27)28/h2-13,24,29H,14-15H2,1H3. The van der Waals surface area contributed by atoms with Crippen molar-refractivity contribution in [3.05, 3.63) is 101 Å². The van der Waals surface area contributed by atoms with E-state index in [1.54, 1.807) is 24.3 Å². The molecular weight excluding hydrogens is 449 g/mol. The average Bonchev–Trinajstić information content (AvgIpc) is 3.16. The summed E-state index contributed by atoms with van der Waals surface area (Å²) in [4.78, 5) is 3.48. The number of halogens is 3. The third-order valence-electron chi connectivity index (χ3n) is 6.21. The highest BCUT2D eigenvalue weighted by molar-refractivity contribution is 7.89. The summed E-state index contributed by atoms with van der Waals surface area (Å²) in [5.41, 5.74) is 3.39. The smallest absolute Gasteiger partial charge is 0.357 e. The first-order valence-corrected chi connectivity index (χ1v) is 11.9. The monoisotopic (exact) mass is 470 g/mol. The predicted octanol–water partition coefficient (Wildman–Crippen LogP) is 5.98. The number of sulfonamides is 1. The van der Waals surface area contributed by atoms with Crippen molar-refractivity contribution in [2.75, 3.05) is 0 Å². The molecule has 1 atom stereocenters. The lowest BCUT2D eigenvalue weighted by molar-refractivity contribution is -0.137. The summed E-state index contributed by atoms with van der Waals surface area (Å²) in [7, 11) is -3.90. The molecule has 5 rings (SSSR count). The van der Waals surface area contributed by atoms with Crippen LogP contribution in [0.15, 0.2) is 77.7 Å². The van der Waals surface area contributed by atoms with Crippen LogP contribution in [0.2, 0.25) is 0 Å². The second-order valence-corrected chi connectivity index (χ2v) is 10.2. The minimum absolute atomic E-state index is 0.103. The molecule has 1 aromatic heterocycles. The molecule has 1 aliphatic heterocycles. The van der Waals surface area contributed by atoms with E-state index in [-0.39, 0.29) is 11.4 Å². The molecule has 1 unspecified atom stereocenters. The number of H-pyrrole nitrogens is 1. The SMILES string of the molecule is Cc1ccc(S(=O)(=O)N2Cc3[nH]c4ccccc4c3CC2c2ccc(C(F)(F)F)cc2)cc1. The van der Waals surface area contributed by atoms with Crippen molar-refractivity contribution in [2.24, 2.45) is 0 Å². The summed E-state index contributed by atoms with van der Waals surface area (Å²) in [5.74, 6) is 0. The zero-order valence-electron chi connectivity index (χ0n) is 17.7. The van der Waals surface area contributed by atoms with Gasteiger partial charge < -0.3 is 4.98 Å². The van der Waals surface area contributed by atoms with Crippen molar-refractivity contribution < 1.29 is 21.6 Å². The largest absolute Gasteiger partial charge is 0.416 e. The summed E-state index contributed by atoms with van der Waals surface area (Å²) in [6.45, 7) is 1.98. The lowest BCUT2D eigenvalue weighted by Crippen LogP contribution is -2.38. The molecule has 0 saturated heterocycles. The quantitative estimate of drug-likeness (QED) is 0.400. The maximum Gasteiger partial charge on any atom is 0.416 e. The zero-order chi connectivity index (χ0) is 23.4. The topological polar surface area (TPSA) is 53.2 Å². The van der Waals surface area contributed by atoms with Crippen LogP contribution in [0.25, 0.3) is 10.9 Å². The number of alkyl halides is 3. The molecule has 0 bridgehead atoms. The summed E-state index contributed by atoms with van der Waals surface area (Å²) < 4.78 is 68.0. The van der Waals surface area contributed by atoms with E-state index in [9.17, 15) is 21.6 Å². The highest BCUT2D eigenvalue weighted by atomic mass is 32.2. The van der Waals surface area contributed by atoms with E-state index in [1.165, 1.54) is 16.4 Å². The normalized spacial score (nSPS) is 17.3.